The van der Waals surface area contributed by atoms with E-state index in [0.29, 0.717) is 5.56 Å². The summed E-state index contributed by atoms with van der Waals surface area (Å²) in [6.07, 6.45) is -1.40. The molecule has 2 N–H and O–H groups in total. The van der Waals surface area contributed by atoms with Crippen LogP contribution >= 0.6 is 0 Å². The van der Waals surface area contributed by atoms with E-state index in [2.05, 4.69) is 15.1 Å². The molecule has 0 aliphatic rings. The van der Waals surface area contributed by atoms with Gasteiger partial charge in [-0.2, -0.15) is 22.8 Å². The topological polar surface area (TPSA) is 86.7 Å². The van der Waals surface area contributed by atoms with Crippen molar-refractivity contribution in [2.45, 2.75) is 6.18 Å². The van der Waals surface area contributed by atoms with Gasteiger partial charge in [0.15, 0.2) is 5.82 Å². The van der Waals surface area contributed by atoms with E-state index in [1.807, 2.05) is 0 Å². The maximum atomic E-state index is 12.6. The van der Waals surface area contributed by atoms with Crippen LogP contribution in [0, 0.1) is 0 Å². The third-order valence-electron chi connectivity index (χ3n) is 3.20. The Morgan fingerprint density at radius 2 is 1.83 bits per heavy atom. The summed E-state index contributed by atoms with van der Waals surface area (Å²) in [6, 6.07) is 7.13. The second-order valence-corrected chi connectivity index (χ2v) is 4.83. The quantitative estimate of drug-likeness (QED) is 0.779. The summed E-state index contributed by atoms with van der Waals surface area (Å²) in [7, 11) is 0. The number of hydrogen-bond acceptors (Lipinski definition) is 5. The summed E-state index contributed by atoms with van der Waals surface area (Å²) in [6.45, 7) is 0. The van der Waals surface area contributed by atoms with Crippen molar-refractivity contribution >= 4 is 11.9 Å². The third kappa shape index (κ3) is 2.96. The molecule has 0 fully saturated rings. The van der Waals surface area contributed by atoms with Crippen LogP contribution in [-0.4, -0.2) is 25.7 Å². The van der Waals surface area contributed by atoms with Crippen LogP contribution in [0.2, 0.25) is 0 Å². The van der Waals surface area contributed by atoms with Gasteiger partial charge >= 0.3 is 6.18 Å². The molecule has 6 nitrogen and oxygen atoms in total. The first-order chi connectivity index (χ1) is 11.4. The number of carbonyl (C=O) groups is 1. The highest BCUT2D eigenvalue weighted by Gasteiger charge is 2.30. The molecule has 0 amide bonds. The van der Waals surface area contributed by atoms with Gasteiger partial charge in [0.05, 0.1) is 5.56 Å². The molecule has 0 unspecified atom stereocenters. The van der Waals surface area contributed by atoms with Crippen molar-refractivity contribution in [1.82, 2.24) is 19.7 Å². The molecule has 0 saturated heterocycles. The van der Waals surface area contributed by atoms with Crippen molar-refractivity contribution in [2.24, 2.45) is 0 Å². The number of benzene rings is 1. The van der Waals surface area contributed by atoms with Gasteiger partial charge in [0, 0.05) is 23.5 Å². The molecule has 3 rings (SSSR count). The molecule has 24 heavy (non-hydrogen) atoms. The molecule has 2 aromatic heterocycles. The molecule has 0 atom stereocenters. The number of carbonyl (C=O) groups excluding carboxylic acids is 1. The molecular weight excluding hydrogens is 323 g/mol. The Bertz CT molecular complexity index is 872. The standard InChI is InChI=1S/C15H10F3N5O/c16-15(17,18)11-5-3-9(4-6-11)13(24)23-14(19)21-12(22-23)10-2-1-7-20-8-10/h1-8H,(H2,19,21,22). The number of pyridine rings is 1. The monoisotopic (exact) mass is 333 g/mol. The molecule has 1 aromatic carbocycles. The average Bonchev–Trinajstić information content (AvgIpc) is 2.96. The van der Waals surface area contributed by atoms with Crippen LogP contribution in [0.3, 0.4) is 0 Å². The van der Waals surface area contributed by atoms with E-state index in [0.717, 1.165) is 28.9 Å². The number of nitrogen functional groups attached to an aromatic ring is 1. The largest absolute Gasteiger partial charge is 0.416 e. The van der Waals surface area contributed by atoms with E-state index < -0.39 is 17.6 Å². The number of rotatable bonds is 2. The molecule has 0 spiro atoms. The number of halogens is 3. The Morgan fingerprint density at radius 1 is 1.12 bits per heavy atom. The van der Waals surface area contributed by atoms with Crippen LogP contribution in [0.25, 0.3) is 11.4 Å². The summed E-state index contributed by atoms with van der Waals surface area (Å²) in [5, 5.41) is 4.00. The van der Waals surface area contributed by atoms with Crippen molar-refractivity contribution in [2.75, 3.05) is 5.73 Å². The fraction of sp³-hybridized carbons (Fsp3) is 0.0667. The lowest BCUT2D eigenvalue weighted by atomic mass is 10.1. The summed E-state index contributed by atoms with van der Waals surface area (Å²) < 4.78 is 38.5. The van der Waals surface area contributed by atoms with Gasteiger partial charge in [0.2, 0.25) is 5.95 Å². The fourth-order valence-corrected chi connectivity index (χ4v) is 2.02. The summed E-state index contributed by atoms with van der Waals surface area (Å²) in [4.78, 5) is 20.2. The van der Waals surface area contributed by atoms with Crippen molar-refractivity contribution in [1.29, 1.82) is 0 Å². The van der Waals surface area contributed by atoms with Crippen LogP contribution in [0.4, 0.5) is 19.1 Å². The molecule has 0 aliphatic carbocycles. The SMILES string of the molecule is Nc1nc(-c2cccnc2)nn1C(=O)c1ccc(C(F)(F)F)cc1. The summed E-state index contributed by atoms with van der Waals surface area (Å²) in [5.74, 6) is -0.650. The van der Waals surface area contributed by atoms with E-state index in [-0.39, 0.29) is 17.3 Å². The average molecular weight is 333 g/mol. The predicted molar refractivity (Wildman–Crippen MR) is 78.8 cm³/mol. The number of alkyl halides is 3. The maximum Gasteiger partial charge on any atom is 0.416 e. The zero-order chi connectivity index (χ0) is 17.3. The Labute approximate surface area is 133 Å². The number of nitrogens with two attached hydrogens (primary N) is 1. The number of anilines is 1. The van der Waals surface area contributed by atoms with Gasteiger partial charge in [-0.05, 0) is 36.4 Å². The fourth-order valence-electron chi connectivity index (χ4n) is 2.02. The lowest BCUT2D eigenvalue weighted by Gasteiger charge is -2.07. The molecule has 9 heteroatoms. The molecule has 0 aliphatic heterocycles. The predicted octanol–water partition coefficient (Wildman–Crippen LogP) is 2.63. The van der Waals surface area contributed by atoms with Gasteiger partial charge < -0.3 is 5.73 Å². The van der Waals surface area contributed by atoms with E-state index in [1.54, 1.807) is 18.3 Å². The minimum atomic E-state index is -4.47. The van der Waals surface area contributed by atoms with E-state index in [1.165, 1.54) is 6.20 Å². The van der Waals surface area contributed by atoms with Gasteiger partial charge in [0.25, 0.3) is 5.91 Å². The van der Waals surface area contributed by atoms with Crippen LogP contribution in [0.1, 0.15) is 15.9 Å². The van der Waals surface area contributed by atoms with Crippen molar-refractivity contribution in [3.8, 4) is 11.4 Å². The second kappa shape index (κ2) is 5.76. The first-order valence-electron chi connectivity index (χ1n) is 6.71. The van der Waals surface area contributed by atoms with Crippen LogP contribution in [-0.2, 0) is 6.18 Å². The highest BCUT2D eigenvalue weighted by atomic mass is 19.4. The summed E-state index contributed by atoms with van der Waals surface area (Å²) in [5.41, 5.74) is 5.41. The molecule has 0 radical (unpaired) electrons. The normalized spacial score (nSPS) is 11.5. The second-order valence-electron chi connectivity index (χ2n) is 4.83. The van der Waals surface area contributed by atoms with Crippen molar-refractivity contribution < 1.29 is 18.0 Å². The molecule has 2 heterocycles. The number of aromatic nitrogens is 4. The van der Waals surface area contributed by atoms with E-state index in [9.17, 15) is 18.0 Å². The van der Waals surface area contributed by atoms with Gasteiger partial charge in [-0.15, -0.1) is 5.10 Å². The minimum absolute atomic E-state index is 0.0114. The third-order valence-corrected chi connectivity index (χ3v) is 3.20. The zero-order valence-corrected chi connectivity index (χ0v) is 12.0. The number of hydrogen-bond donors (Lipinski definition) is 1. The minimum Gasteiger partial charge on any atom is -0.368 e. The highest BCUT2D eigenvalue weighted by Crippen LogP contribution is 2.29. The van der Waals surface area contributed by atoms with Gasteiger partial charge in [-0.1, -0.05) is 0 Å². The van der Waals surface area contributed by atoms with Crippen LogP contribution < -0.4 is 5.73 Å². The van der Waals surface area contributed by atoms with Gasteiger partial charge in [-0.25, -0.2) is 0 Å². The Morgan fingerprint density at radius 3 is 2.42 bits per heavy atom. The summed E-state index contributed by atoms with van der Waals surface area (Å²) >= 11 is 0. The lowest BCUT2D eigenvalue weighted by molar-refractivity contribution is -0.137. The number of nitrogens with zero attached hydrogens (tertiary/aromatic N) is 4. The zero-order valence-electron chi connectivity index (χ0n) is 12.0. The molecule has 0 bridgehead atoms. The molecule has 122 valence electrons. The Hall–Kier alpha value is -3.23. The van der Waals surface area contributed by atoms with Crippen molar-refractivity contribution in [3.05, 3.63) is 59.9 Å². The van der Waals surface area contributed by atoms with Gasteiger partial charge in [0.1, 0.15) is 0 Å². The smallest absolute Gasteiger partial charge is 0.368 e. The molecule has 3 aromatic rings. The van der Waals surface area contributed by atoms with Crippen LogP contribution in [0.5, 0.6) is 0 Å². The highest BCUT2D eigenvalue weighted by molar-refractivity contribution is 5.96. The molecule has 0 saturated carbocycles. The van der Waals surface area contributed by atoms with E-state index in [4.69, 9.17) is 5.73 Å². The van der Waals surface area contributed by atoms with Crippen LogP contribution in [0.15, 0.2) is 48.8 Å². The lowest BCUT2D eigenvalue weighted by Crippen LogP contribution is -2.16. The van der Waals surface area contributed by atoms with Crippen molar-refractivity contribution in [3.63, 3.8) is 0 Å². The Balaban J connectivity index is 1.92. The molecular formula is C15H10F3N5O. The van der Waals surface area contributed by atoms with Gasteiger partial charge in [-0.3, -0.25) is 9.78 Å². The first kappa shape index (κ1) is 15.7. The Kier molecular flexibility index (Phi) is 3.76. The maximum absolute atomic E-state index is 12.6. The van der Waals surface area contributed by atoms with E-state index >= 15 is 0 Å². The first-order valence-corrected chi connectivity index (χ1v) is 6.71.